The summed E-state index contributed by atoms with van der Waals surface area (Å²) in [6, 6.07) is -0.130. The highest BCUT2D eigenvalue weighted by atomic mass is 16.5. The van der Waals surface area contributed by atoms with E-state index in [-0.39, 0.29) is 18.0 Å². The van der Waals surface area contributed by atoms with Gasteiger partial charge >= 0.3 is 12.0 Å². The number of ether oxygens (including phenoxy) is 1. The minimum absolute atomic E-state index is 0.0262. The van der Waals surface area contributed by atoms with Crippen LogP contribution in [0.2, 0.25) is 0 Å². The second kappa shape index (κ2) is 7.99. The molecule has 2 amide bonds. The molecule has 1 fully saturated rings. The van der Waals surface area contributed by atoms with E-state index in [4.69, 9.17) is 9.84 Å². The summed E-state index contributed by atoms with van der Waals surface area (Å²) >= 11 is 0. The summed E-state index contributed by atoms with van der Waals surface area (Å²) in [5, 5.41) is 11.8. The lowest BCUT2D eigenvalue weighted by molar-refractivity contribution is -0.143. The molecule has 0 spiro atoms. The number of aliphatic carboxylic acids is 1. The molecule has 110 valence electrons. The van der Waals surface area contributed by atoms with Crippen molar-refractivity contribution in [1.82, 2.24) is 10.2 Å². The van der Waals surface area contributed by atoms with E-state index < -0.39 is 5.97 Å². The van der Waals surface area contributed by atoms with Gasteiger partial charge in [0.05, 0.1) is 5.92 Å². The van der Waals surface area contributed by atoms with Crippen LogP contribution in [0.1, 0.15) is 33.1 Å². The minimum Gasteiger partial charge on any atom is -0.481 e. The van der Waals surface area contributed by atoms with Gasteiger partial charge in [-0.05, 0) is 33.1 Å². The number of carboxylic acids is 1. The molecule has 0 radical (unpaired) electrons. The average Bonchev–Trinajstić information content (AvgIpc) is 2.38. The van der Waals surface area contributed by atoms with Crippen LogP contribution in [0.3, 0.4) is 0 Å². The second-order valence-electron chi connectivity index (χ2n) is 4.88. The molecule has 1 saturated heterocycles. The summed E-state index contributed by atoms with van der Waals surface area (Å²) < 4.78 is 5.19. The molecule has 0 aromatic heterocycles. The lowest BCUT2D eigenvalue weighted by Crippen LogP contribution is -2.50. The molecule has 1 aliphatic rings. The lowest BCUT2D eigenvalue weighted by Gasteiger charge is -2.36. The molecule has 2 atom stereocenters. The Morgan fingerprint density at radius 3 is 2.79 bits per heavy atom. The number of carboxylic acid groups (broad SMARTS) is 1. The van der Waals surface area contributed by atoms with Crippen LogP contribution < -0.4 is 5.32 Å². The van der Waals surface area contributed by atoms with Crippen molar-refractivity contribution in [2.45, 2.75) is 39.2 Å². The van der Waals surface area contributed by atoms with E-state index in [9.17, 15) is 9.59 Å². The highest BCUT2D eigenvalue weighted by Gasteiger charge is 2.31. The van der Waals surface area contributed by atoms with Crippen molar-refractivity contribution in [3.05, 3.63) is 0 Å². The zero-order valence-corrected chi connectivity index (χ0v) is 11.7. The fourth-order valence-electron chi connectivity index (χ4n) is 2.31. The molecule has 1 heterocycles. The van der Waals surface area contributed by atoms with Gasteiger partial charge in [-0.15, -0.1) is 0 Å². The first-order valence-electron chi connectivity index (χ1n) is 6.91. The van der Waals surface area contributed by atoms with Gasteiger partial charge in [-0.25, -0.2) is 4.79 Å². The summed E-state index contributed by atoms with van der Waals surface area (Å²) in [5.41, 5.74) is 0. The summed E-state index contributed by atoms with van der Waals surface area (Å²) in [6.45, 7) is 6.27. The molecule has 0 saturated carbocycles. The number of hydrogen-bond donors (Lipinski definition) is 2. The third-order valence-corrected chi connectivity index (χ3v) is 3.43. The van der Waals surface area contributed by atoms with Gasteiger partial charge < -0.3 is 20.1 Å². The zero-order chi connectivity index (χ0) is 14.3. The zero-order valence-electron chi connectivity index (χ0n) is 11.7. The highest BCUT2D eigenvalue weighted by molar-refractivity contribution is 5.75. The van der Waals surface area contributed by atoms with Crippen LogP contribution in [-0.2, 0) is 9.53 Å². The van der Waals surface area contributed by atoms with E-state index >= 15 is 0 Å². The van der Waals surface area contributed by atoms with E-state index in [2.05, 4.69) is 5.32 Å². The molecular weight excluding hydrogens is 248 g/mol. The summed E-state index contributed by atoms with van der Waals surface area (Å²) in [6.07, 6.45) is 1.85. The largest absolute Gasteiger partial charge is 0.481 e. The third-order valence-electron chi connectivity index (χ3n) is 3.43. The lowest BCUT2D eigenvalue weighted by atomic mass is 9.92. The van der Waals surface area contributed by atoms with Crippen LogP contribution in [0.15, 0.2) is 0 Å². The SMILES string of the molecule is CCOCCCNC(=O)N1CCC(C(=O)O)CC1C. The Labute approximate surface area is 114 Å². The average molecular weight is 272 g/mol. The van der Waals surface area contributed by atoms with Crippen molar-refractivity contribution in [2.75, 3.05) is 26.3 Å². The number of carbonyl (C=O) groups is 2. The van der Waals surface area contributed by atoms with E-state index in [0.717, 1.165) is 6.42 Å². The highest BCUT2D eigenvalue weighted by Crippen LogP contribution is 2.22. The Kier molecular flexibility index (Phi) is 6.62. The van der Waals surface area contributed by atoms with Gasteiger partial charge in [0.15, 0.2) is 0 Å². The van der Waals surface area contributed by atoms with Gasteiger partial charge in [-0.2, -0.15) is 0 Å². The molecule has 0 aromatic rings. The summed E-state index contributed by atoms with van der Waals surface area (Å²) in [5.74, 6) is -1.08. The van der Waals surface area contributed by atoms with Crippen LogP contribution in [0, 0.1) is 5.92 Å². The van der Waals surface area contributed by atoms with Crippen LogP contribution in [-0.4, -0.2) is 54.4 Å². The van der Waals surface area contributed by atoms with Crippen LogP contribution in [0.5, 0.6) is 0 Å². The van der Waals surface area contributed by atoms with E-state index in [1.165, 1.54) is 0 Å². The van der Waals surface area contributed by atoms with Gasteiger partial charge in [0.1, 0.15) is 0 Å². The number of carbonyl (C=O) groups excluding carboxylic acids is 1. The number of nitrogens with zero attached hydrogens (tertiary/aromatic N) is 1. The first kappa shape index (κ1) is 15.8. The van der Waals surface area contributed by atoms with Gasteiger partial charge in [-0.3, -0.25) is 4.79 Å². The number of hydrogen-bond acceptors (Lipinski definition) is 3. The van der Waals surface area contributed by atoms with Crippen molar-refractivity contribution in [2.24, 2.45) is 5.92 Å². The number of amides is 2. The van der Waals surface area contributed by atoms with Crippen molar-refractivity contribution < 1.29 is 19.4 Å². The van der Waals surface area contributed by atoms with Crippen LogP contribution >= 0.6 is 0 Å². The Morgan fingerprint density at radius 2 is 2.21 bits per heavy atom. The van der Waals surface area contributed by atoms with Gasteiger partial charge in [0.25, 0.3) is 0 Å². The van der Waals surface area contributed by atoms with Crippen molar-refractivity contribution >= 4 is 12.0 Å². The fraction of sp³-hybridized carbons (Fsp3) is 0.846. The fourth-order valence-corrected chi connectivity index (χ4v) is 2.31. The molecule has 0 aromatic carbocycles. The number of piperidine rings is 1. The van der Waals surface area contributed by atoms with E-state index in [1.54, 1.807) is 4.90 Å². The summed E-state index contributed by atoms with van der Waals surface area (Å²) in [4.78, 5) is 24.6. The standard InChI is InChI=1S/C13H24N2O4/c1-3-19-8-4-6-14-13(18)15-7-5-11(12(16)17)9-10(15)2/h10-11H,3-9H2,1-2H3,(H,14,18)(H,16,17). The molecule has 6 nitrogen and oxygen atoms in total. The molecule has 2 N–H and O–H groups in total. The Morgan fingerprint density at radius 1 is 1.47 bits per heavy atom. The molecule has 0 aliphatic carbocycles. The molecular formula is C13H24N2O4. The molecule has 0 bridgehead atoms. The first-order chi connectivity index (χ1) is 9.06. The Bertz CT molecular complexity index is 309. The Balaban J connectivity index is 2.27. The second-order valence-corrected chi connectivity index (χ2v) is 4.88. The van der Waals surface area contributed by atoms with E-state index in [1.807, 2.05) is 13.8 Å². The molecule has 1 aliphatic heterocycles. The molecule has 6 heteroatoms. The van der Waals surface area contributed by atoms with Crippen LogP contribution in [0.25, 0.3) is 0 Å². The van der Waals surface area contributed by atoms with Gasteiger partial charge in [-0.1, -0.05) is 0 Å². The number of likely N-dealkylation sites (tertiary alicyclic amines) is 1. The minimum atomic E-state index is -0.761. The number of urea groups is 1. The Hall–Kier alpha value is -1.30. The van der Waals surface area contributed by atoms with Gasteiger partial charge in [0, 0.05) is 32.3 Å². The maximum atomic E-state index is 11.9. The monoisotopic (exact) mass is 272 g/mol. The van der Waals surface area contributed by atoms with Crippen molar-refractivity contribution in [1.29, 1.82) is 0 Å². The van der Waals surface area contributed by atoms with Crippen LogP contribution in [0.4, 0.5) is 4.79 Å². The predicted octanol–water partition coefficient (Wildman–Crippen LogP) is 1.31. The first-order valence-corrected chi connectivity index (χ1v) is 6.91. The molecule has 19 heavy (non-hydrogen) atoms. The predicted molar refractivity (Wildman–Crippen MR) is 71.0 cm³/mol. The number of nitrogens with one attached hydrogen (secondary N) is 1. The maximum absolute atomic E-state index is 11.9. The normalized spacial score (nSPS) is 23.2. The van der Waals surface area contributed by atoms with Gasteiger partial charge in [0.2, 0.25) is 0 Å². The van der Waals surface area contributed by atoms with Crippen molar-refractivity contribution in [3.8, 4) is 0 Å². The molecule has 1 rings (SSSR count). The smallest absolute Gasteiger partial charge is 0.317 e. The topological polar surface area (TPSA) is 78.9 Å². The number of rotatable bonds is 6. The summed E-state index contributed by atoms with van der Waals surface area (Å²) in [7, 11) is 0. The molecule has 2 unspecified atom stereocenters. The van der Waals surface area contributed by atoms with Crippen molar-refractivity contribution in [3.63, 3.8) is 0 Å². The maximum Gasteiger partial charge on any atom is 0.317 e. The quantitative estimate of drug-likeness (QED) is 0.714. The van der Waals surface area contributed by atoms with E-state index in [0.29, 0.717) is 39.1 Å². The third kappa shape index (κ3) is 5.06.